The summed E-state index contributed by atoms with van der Waals surface area (Å²) in [5.41, 5.74) is 1.07. The Labute approximate surface area is 155 Å². The molecule has 1 heterocycles. The summed E-state index contributed by atoms with van der Waals surface area (Å²) in [6.07, 6.45) is 5.67. The minimum Gasteiger partial charge on any atom is -0.478 e. The van der Waals surface area contributed by atoms with Crippen LogP contribution < -0.4 is 5.32 Å². The minimum absolute atomic E-state index is 0.146. The first-order chi connectivity index (χ1) is 12.5. The Bertz CT molecular complexity index is 641. The van der Waals surface area contributed by atoms with E-state index in [4.69, 9.17) is 9.84 Å². The molecule has 0 radical (unpaired) electrons. The second-order valence-corrected chi connectivity index (χ2v) is 8.35. The SMILES string of the molecule is O=PC(O)(CC1CCCCC1)[C@H]1CN[C@H](c2cccc(C(=O)O)c2)CO1. The molecule has 1 aliphatic heterocycles. The highest BCUT2D eigenvalue weighted by molar-refractivity contribution is 7.25. The van der Waals surface area contributed by atoms with Crippen LogP contribution in [0.3, 0.4) is 0 Å². The van der Waals surface area contributed by atoms with Gasteiger partial charge in [0.15, 0.2) is 13.8 Å². The van der Waals surface area contributed by atoms with E-state index in [1.165, 1.54) is 19.3 Å². The molecule has 3 N–H and O–H groups in total. The number of rotatable bonds is 6. The van der Waals surface area contributed by atoms with Gasteiger partial charge in [0.1, 0.15) is 6.10 Å². The number of carbonyl (C=O) groups is 1. The largest absolute Gasteiger partial charge is 0.478 e. The van der Waals surface area contributed by atoms with E-state index in [2.05, 4.69) is 5.32 Å². The molecule has 3 rings (SSSR count). The van der Waals surface area contributed by atoms with Gasteiger partial charge in [-0.3, -0.25) is 4.57 Å². The lowest BCUT2D eigenvalue weighted by molar-refractivity contribution is -0.0949. The lowest BCUT2D eigenvalue weighted by Crippen LogP contribution is -2.52. The molecule has 6 nitrogen and oxygen atoms in total. The van der Waals surface area contributed by atoms with Crippen molar-refractivity contribution in [1.29, 1.82) is 0 Å². The van der Waals surface area contributed by atoms with Crippen LogP contribution in [0.15, 0.2) is 24.3 Å². The van der Waals surface area contributed by atoms with Gasteiger partial charge in [0, 0.05) is 6.54 Å². The fraction of sp³-hybridized carbons (Fsp3) is 0.632. The molecule has 1 aromatic rings. The van der Waals surface area contributed by atoms with E-state index < -0.39 is 17.4 Å². The van der Waals surface area contributed by atoms with Crippen molar-refractivity contribution in [1.82, 2.24) is 5.32 Å². The van der Waals surface area contributed by atoms with Crippen molar-refractivity contribution in [2.24, 2.45) is 5.92 Å². The van der Waals surface area contributed by atoms with E-state index in [1.807, 2.05) is 6.07 Å². The maximum absolute atomic E-state index is 11.7. The molecule has 2 aliphatic rings. The van der Waals surface area contributed by atoms with Crippen LogP contribution in [-0.2, 0) is 9.30 Å². The van der Waals surface area contributed by atoms with Gasteiger partial charge >= 0.3 is 5.97 Å². The second kappa shape index (κ2) is 8.57. The molecule has 0 amide bonds. The predicted octanol–water partition coefficient (Wildman–Crippen LogP) is 3.37. The number of aromatic carboxylic acids is 1. The number of carboxylic acid groups (broad SMARTS) is 1. The average molecular weight is 379 g/mol. The van der Waals surface area contributed by atoms with Crippen LogP contribution in [0.4, 0.5) is 0 Å². The number of nitrogens with one attached hydrogen (secondary N) is 1. The summed E-state index contributed by atoms with van der Waals surface area (Å²) in [5.74, 6) is -0.572. The van der Waals surface area contributed by atoms with Crippen LogP contribution in [0.2, 0.25) is 0 Å². The highest BCUT2D eigenvalue weighted by Crippen LogP contribution is 2.39. The average Bonchev–Trinajstić information content (AvgIpc) is 2.69. The van der Waals surface area contributed by atoms with E-state index in [9.17, 15) is 14.5 Å². The van der Waals surface area contributed by atoms with Gasteiger partial charge in [-0.15, -0.1) is 0 Å². The Hall–Kier alpha value is -1.33. The zero-order valence-electron chi connectivity index (χ0n) is 14.8. The van der Waals surface area contributed by atoms with Crippen molar-refractivity contribution in [3.63, 3.8) is 0 Å². The summed E-state index contributed by atoms with van der Waals surface area (Å²) >= 11 is 0. The Morgan fingerprint density at radius 3 is 2.69 bits per heavy atom. The van der Waals surface area contributed by atoms with Gasteiger partial charge in [-0.05, 0) is 30.0 Å². The van der Waals surface area contributed by atoms with Gasteiger partial charge in [0.05, 0.1) is 18.2 Å². The van der Waals surface area contributed by atoms with Gasteiger partial charge in [-0.2, -0.15) is 0 Å². The van der Waals surface area contributed by atoms with E-state index in [0.29, 0.717) is 25.5 Å². The molecule has 0 bridgehead atoms. The summed E-state index contributed by atoms with van der Waals surface area (Å²) in [5, 5.41) is 22.0. The molecule has 3 atom stereocenters. The van der Waals surface area contributed by atoms with Crippen LogP contribution in [0.25, 0.3) is 0 Å². The summed E-state index contributed by atoms with van der Waals surface area (Å²) in [6.45, 7) is 0.677. The standard InChI is InChI=1S/C19H26NO5P/c21-18(22)15-8-4-7-14(9-15)16-12-25-17(11-20-16)19(23,26-24)10-13-5-2-1-3-6-13/h4,7-9,13,16-17,20,23H,1-3,5-6,10-12H2,(H,21,22)/t16-,17+,19?/m0/s1. The van der Waals surface area contributed by atoms with Crippen molar-refractivity contribution in [2.45, 2.75) is 56.0 Å². The third-order valence-corrected chi connectivity index (χ3v) is 6.32. The molecular weight excluding hydrogens is 353 g/mol. The number of hydrogen-bond acceptors (Lipinski definition) is 5. The third-order valence-electron chi connectivity index (χ3n) is 5.54. The first-order valence-electron chi connectivity index (χ1n) is 9.27. The molecule has 1 saturated heterocycles. The third kappa shape index (κ3) is 4.49. The van der Waals surface area contributed by atoms with E-state index >= 15 is 0 Å². The lowest BCUT2D eigenvalue weighted by atomic mass is 9.84. The zero-order valence-corrected chi connectivity index (χ0v) is 15.7. The minimum atomic E-state index is -1.37. The fourth-order valence-corrected chi connectivity index (χ4v) is 4.64. The quantitative estimate of drug-likeness (QED) is 0.656. The van der Waals surface area contributed by atoms with Gasteiger partial charge in [0.25, 0.3) is 0 Å². The highest BCUT2D eigenvalue weighted by Gasteiger charge is 2.43. The molecule has 142 valence electrons. The molecule has 1 aromatic carbocycles. The van der Waals surface area contributed by atoms with Crippen LogP contribution in [0.5, 0.6) is 0 Å². The van der Waals surface area contributed by atoms with Crippen LogP contribution in [0, 0.1) is 5.92 Å². The monoisotopic (exact) mass is 379 g/mol. The number of hydrogen-bond donors (Lipinski definition) is 3. The zero-order chi connectivity index (χ0) is 18.6. The first-order valence-corrected chi connectivity index (χ1v) is 10.1. The number of benzene rings is 1. The molecule has 0 spiro atoms. The van der Waals surface area contributed by atoms with Crippen molar-refractivity contribution < 1.29 is 24.3 Å². The van der Waals surface area contributed by atoms with E-state index in [0.717, 1.165) is 18.4 Å². The number of carboxylic acids is 1. The smallest absolute Gasteiger partial charge is 0.335 e. The van der Waals surface area contributed by atoms with Gasteiger partial charge < -0.3 is 20.3 Å². The number of ether oxygens (including phenoxy) is 1. The van der Waals surface area contributed by atoms with Crippen molar-refractivity contribution in [3.05, 3.63) is 35.4 Å². The molecule has 2 fully saturated rings. The molecule has 0 aromatic heterocycles. The molecule has 1 saturated carbocycles. The fourth-order valence-electron chi connectivity index (χ4n) is 4.02. The summed E-state index contributed by atoms with van der Waals surface area (Å²) in [6, 6.07) is 6.60. The van der Waals surface area contributed by atoms with Crippen LogP contribution >= 0.6 is 8.46 Å². The Balaban J connectivity index is 1.62. The van der Waals surface area contributed by atoms with Crippen molar-refractivity contribution in [3.8, 4) is 0 Å². The van der Waals surface area contributed by atoms with E-state index in [-0.39, 0.29) is 20.1 Å². The molecule has 7 heteroatoms. The van der Waals surface area contributed by atoms with Crippen molar-refractivity contribution >= 4 is 14.4 Å². The molecule has 1 unspecified atom stereocenters. The second-order valence-electron chi connectivity index (χ2n) is 7.39. The van der Waals surface area contributed by atoms with Crippen LogP contribution in [-0.4, -0.2) is 40.8 Å². The van der Waals surface area contributed by atoms with Crippen molar-refractivity contribution in [2.75, 3.05) is 13.2 Å². The molecule has 1 aliphatic carbocycles. The predicted molar refractivity (Wildman–Crippen MR) is 97.6 cm³/mol. The summed E-state index contributed by atoms with van der Waals surface area (Å²) < 4.78 is 17.6. The van der Waals surface area contributed by atoms with E-state index in [1.54, 1.807) is 18.2 Å². The topological polar surface area (TPSA) is 95.9 Å². The molecule has 26 heavy (non-hydrogen) atoms. The summed E-state index contributed by atoms with van der Waals surface area (Å²) in [7, 11) is -0.294. The molecular formula is C19H26NO5P. The first kappa shape index (κ1) is 19.4. The Kier molecular flexibility index (Phi) is 6.41. The number of morpholine rings is 1. The number of aliphatic hydroxyl groups is 1. The van der Waals surface area contributed by atoms with Gasteiger partial charge in [0.2, 0.25) is 0 Å². The van der Waals surface area contributed by atoms with Gasteiger partial charge in [-0.1, -0.05) is 44.2 Å². The maximum Gasteiger partial charge on any atom is 0.335 e. The van der Waals surface area contributed by atoms with Crippen LogP contribution in [0.1, 0.15) is 60.5 Å². The Morgan fingerprint density at radius 2 is 2.08 bits per heavy atom. The lowest BCUT2D eigenvalue weighted by Gasteiger charge is -2.39. The summed E-state index contributed by atoms with van der Waals surface area (Å²) in [4.78, 5) is 11.1. The van der Waals surface area contributed by atoms with Gasteiger partial charge in [-0.25, -0.2) is 4.79 Å². The maximum atomic E-state index is 11.7. The normalized spacial score (nSPS) is 27.1. The highest BCUT2D eigenvalue weighted by atomic mass is 31.1. The Morgan fingerprint density at radius 1 is 1.31 bits per heavy atom.